The van der Waals surface area contributed by atoms with E-state index in [1.807, 2.05) is 30.6 Å². The first-order chi connectivity index (χ1) is 9.83. The minimum absolute atomic E-state index is 0.156. The van der Waals surface area contributed by atoms with Crippen LogP contribution in [0.5, 0.6) is 0 Å². The van der Waals surface area contributed by atoms with Crippen molar-refractivity contribution >= 4 is 12.1 Å². The molecule has 0 aromatic rings. The minimum atomic E-state index is -0.472. The van der Waals surface area contributed by atoms with Gasteiger partial charge < -0.3 is 19.4 Å². The molecule has 0 radical (unpaired) electrons. The van der Waals surface area contributed by atoms with Crippen LogP contribution >= 0.6 is 0 Å². The zero-order valence-corrected chi connectivity index (χ0v) is 13.2. The Morgan fingerprint density at radius 3 is 2.05 bits per heavy atom. The van der Waals surface area contributed by atoms with Crippen molar-refractivity contribution in [2.75, 3.05) is 32.7 Å². The van der Waals surface area contributed by atoms with Gasteiger partial charge in [0.15, 0.2) is 0 Å². The van der Waals surface area contributed by atoms with Crippen LogP contribution in [0.25, 0.3) is 0 Å². The van der Waals surface area contributed by atoms with Gasteiger partial charge in [-0.2, -0.15) is 0 Å². The Labute approximate surface area is 126 Å². The van der Waals surface area contributed by atoms with E-state index < -0.39 is 5.60 Å². The first kappa shape index (κ1) is 14.5. The van der Waals surface area contributed by atoms with Crippen molar-refractivity contribution < 1.29 is 14.3 Å². The van der Waals surface area contributed by atoms with Gasteiger partial charge in [-0.3, -0.25) is 0 Å². The van der Waals surface area contributed by atoms with E-state index in [1.165, 1.54) is 12.8 Å². The first-order valence-electron chi connectivity index (χ1n) is 7.87. The van der Waals surface area contributed by atoms with Gasteiger partial charge in [-0.25, -0.2) is 9.59 Å². The summed E-state index contributed by atoms with van der Waals surface area (Å²) in [5, 5.41) is 0. The zero-order valence-electron chi connectivity index (χ0n) is 13.2. The predicted molar refractivity (Wildman–Crippen MR) is 78.0 cm³/mol. The molecule has 0 atom stereocenters. The molecule has 3 heterocycles. The fourth-order valence-electron chi connectivity index (χ4n) is 3.35. The van der Waals surface area contributed by atoms with Crippen LogP contribution in [-0.4, -0.2) is 71.2 Å². The summed E-state index contributed by atoms with van der Waals surface area (Å²) in [4.78, 5) is 30.0. The smallest absolute Gasteiger partial charge is 0.410 e. The number of carbonyl (C=O) groups excluding carboxylic acids is 2. The number of rotatable bonds is 0. The monoisotopic (exact) mass is 295 g/mol. The highest BCUT2D eigenvalue weighted by atomic mass is 16.6. The molecule has 3 amide bonds. The van der Waals surface area contributed by atoms with Gasteiger partial charge in [0.05, 0.1) is 0 Å². The van der Waals surface area contributed by atoms with E-state index >= 15 is 0 Å². The Hall–Kier alpha value is -1.46. The number of carbonyl (C=O) groups is 2. The summed E-state index contributed by atoms with van der Waals surface area (Å²) in [6.07, 6.45) is 2.09. The maximum absolute atomic E-state index is 12.5. The summed E-state index contributed by atoms with van der Waals surface area (Å²) in [7, 11) is 0. The van der Waals surface area contributed by atoms with E-state index in [1.54, 1.807) is 4.90 Å². The second kappa shape index (κ2) is 5.07. The topological polar surface area (TPSA) is 53.1 Å². The molecule has 6 nitrogen and oxygen atoms in total. The average molecular weight is 295 g/mol. The molecule has 0 spiro atoms. The van der Waals surface area contributed by atoms with E-state index in [-0.39, 0.29) is 12.1 Å². The van der Waals surface area contributed by atoms with Crippen LogP contribution in [-0.2, 0) is 4.74 Å². The van der Waals surface area contributed by atoms with Crippen LogP contribution < -0.4 is 0 Å². The lowest BCUT2D eigenvalue weighted by Crippen LogP contribution is -2.54. The highest BCUT2D eigenvalue weighted by molar-refractivity contribution is 5.76. The van der Waals surface area contributed by atoms with Crippen LogP contribution in [0.1, 0.15) is 33.6 Å². The largest absolute Gasteiger partial charge is 0.444 e. The fourth-order valence-corrected chi connectivity index (χ4v) is 3.35. The van der Waals surface area contributed by atoms with Crippen LogP contribution in [0.15, 0.2) is 0 Å². The standard InChI is InChI=1S/C15H25N3O3/c1-15(2,3)21-14(20)17-6-4-16(5-7-17)13(19)18-10-11-8-12(18)9-11/h11-12H,4-10H2,1-3H3. The third kappa shape index (κ3) is 2.94. The Bertz CT molecular complexity index is 432. The molecule has 3 aliphatic heterocycles. The van der Waals surface area contributed by atoms with Crippen molar-refractivity contribution in [2.45, 2.75) is 45.3 Å². The Morgan fingerprint density at radius 1 is 1.00 bits per heavy atom. The minimum Gasteiger partial charge on any atom is -0.444 e. The number of fused-ring (bicyclic) bond motifs is 1. The average Bonchev–Trinajstić information content (AvgIpc) is 2.95. The maximum Gasteiger partial charge on any atom is 0.410 e. The molecule has 4 aliphatic rings. The lowest BCUT2D eigenvalue weighted by Gasteiger charge is -2.38. The van der Waals surface area contributed by atoms with Crippen LogP contribution in [0, 0.1) is 5.92 Å². The highest BCUT2D eigenvalue weighted by Gasteiger charge is 2.46. The summed E-state index contributed by atoms with van der Waals surface area (Å²) < 4.78 is 5.37. The third-order valence-corrected chi connectivity index (χ3v) is 4.55. The van der Waals surface area contributed by atoms with Gasteiger partial charge in [0.1, 0.15) is 5.60 Å². The molecule has 4 fully saturated rings. The number of nitrogens with zero attached hydrogens (tertiary/aromatic N) is 3. The number of ether oxygens (including phenoxy) is 1. The summed E-state index contributed by atoms with van der Waals surface area (Å²) in [6, 6.07) is 0.634. The van der Waals surface area contributed by atoms with E-state index in [9.17, 15) is 9.59 Å². The van der Waals surface area contributed by atoms with Gasteiger partial charge in [-0.1, -0.05) is 0 Å². The third-order valence-electron chi connectivity index (χ3n) is 4.55. The van der Waals surface area contributed by atoms with Gasteiger partial charge in [-0.05, 0) is 39.5 Å². The van der Waals surface area contributed by atoms with Crippen molar-refractivity contribution in [3.8, 4) is 0 Å². The SMILES string of the molecule is CC(C)(C)OC(=O)N1CCN(C(=O)N2CC3CC2C3)CC1. The van der Waals surface area contributed by atoms with Crippen LogP contribution in [0.3, 0.4) is 0 Å². The van der Waals surface area contributed by atoms with E-state index in [2.05, 4.69) is 0 Å². The second-order valence-electron chi connectivity index (χ2n) is 7.38. The van der Waals surface area contributed by atoms with Gasteiger partial charge in [0.2, 0.25) is 0 Å². The summed E-state index contributed by atoms with van der Waals surface area (Å²) in [5.41, 5.74) is -0.472. The molecule has 118 valence electrons. The first-order valence-corrected chi connectivity index (χ1v) is 7.87. The van der Waals surface area contributed by atoms with Crippen molar-refractivity contribution in [2.24, 2.45) is 5.92 Å². The van der Waals surface area contributed by atoms with E-state index in [4.69, 9.17) is 4.74 Å². The number of amides is 3. The number of urea groups is 1. The highest BCUT2D eigenvalue weighted by Crippen LogP contribution is 2.41. The van der Waals surface area contributed by atoms with E-state index in [0.29, 0.717) is 32.2 Å². The quantitative estimate of drug-likeness (QED) is 0.684. The van der Waals surface area contributed by atoms with Crippen molar-refractivity contribution in [3.05, 3.63) is 0 Å². The number of hydrogen-bond acceptors (Lipinski definition) is 3. The molecule has 0 N–H and O–H groups in total. The summed E-state index contributed by atoms with van der Waals surface area (Å²) in [6.45, 7) is 8.84. The molecule has 2 bridgehead atoms. The van der Waals surface area contributed by atoms with Crippen molar-refractivity contribution in [1.82, 2.24) is 14.7 Å². The van der Waals surface area contributed by atoms with Crippen LogP contribution in [0.2, 0.25) is 0 Å². The Balaban J connectivity index is 1.48. The van der Waals surface area contributed by atoms with Crippen molar-refractivity contribution in [1.29, 1.82) is 0 Å². The van der Waals surface area contributed by atoms with Gasteiger partial charge in [0, 0.05) is 38.8 Å². The summed E-state index contributed by atoms with van der Waals surface area (Å²) in [5.74, 6) is 0.738. The predicted octanol–water partition coefficient (Wildman–Crippen LogP) is 1.75. The molecule has 3 saturated heterocycles. The lowest BCUT2D eigenvalue weighted by molar-refractivity contribution is 0.0157. The number of piperazine rings is 1. The van der Waals surface area contributed by atoms with Crippen molar-refractivity contribution in [3.63, 3.8) is 0 Å². The Morgan fingerprint density at radius 2 is 1.57 bits per heavy atom. The molecule has 1 saturated carbocycles. The Kier molecular flexibility index (Phi) is 3.50. The molecule has 4 rings (SSSR count). The molecular weight excluding hydrogens is 270 g/mol. The normalized spacial score (nSPS) is 28.4. The molecule has 0 aromatic carbocycles. The van der Waals surface area contributed by atoms with E-state index in [0.717, 1.165) is 12.5 Å². The molecule has 0 aromatic heterocycles. The van der Waals surface area contributed by atoms with Gasteiger partial charge in [0.25, 0.3) is 0 Å². The second-order valence-corrected chi connectivity index (χ2v) is 7.38. The lowest BCUT2D eigenvalue weighted by atomic mass is 9.86. The number of hydrogen-bond donors (Lipinski definition) is 0. The molecule has 1 aliphatic carbocycles. The fraction of sp³-hybridized carbons (Fsp3) is 0.867. The van der Waals surface area contributed by atoms with Gasteiger partial charge in [-0.15, -0.1) is 0 Å². The zero-order chi connectivity index (χ0) is 15.2. The molecule has 21 heavy (non-hydrogen) atoms. The van der Waals surface area contributed by atoms with Crippen LogP contribution in [0.4, 0.5) is 9.59 Å². The molecular formula is C15H25N3O3. The maximum atomic E-state index is 12.5. The summed E-state index contributed by atoms with van der Waals surface area (Å²) >= 11 is 0. The molecule has 6 heteroatoms. The molecule has 0 unspecified atom stereocenters. The van der Waals surface area contributed by atoms with Gasteiger partial charge >= 0.3 is 12.1 Å².